The first kappa shape index (κ1) is 31.1. The molecule has 0 aliphatic carbocycles. The predicted molar refractivity (Wildman–Crippen MR) is 140 cm³/mol. The highest BCUT2D eigenvalue weighted by atomic mass is 16.7. The third-order valence-corrected chi connectivity index (χ3v) is 7.40. The summed E-state index contributed by atoms with van der Waals surface area (Å²) in [5.74, 6) is -4.50. The quantitative estimate of drug-likeness (QED) is 0.316. The Kier molecular flexibility index (Phi) is 8.97. The molecule has 216 valence electrons. The van der Waals surface area contributed by atoms with Crippen molar-refractivity contribution in [3.05, 3.63) is 54.1 Å². The highest BCUT2D eigenvalue weighted by molar-refractivity contribution is 6.05. The number of carbonyl (C=O) groups excluding carboxylic acids is 3. The Balaban J connectivity index is 2.05. The van der Waals surface area contributed by atoms with Gasteiger partial charge in [0.15, 0.2) is 29.1 Å². The van der Waals surface area contributed by atoms with Gasteiger partial charge in [-0.25, -0.2) is 4.79 Å². The molecule has 11 heteroatoms. The van der Waals surface area contributed by atoms with Crippen LogP contribution in [0.3, 0.4) is 0 Å². The van der Waals surface area contributed by atoms with E-state index < -0.39 is 58.6 Å². The van der Waals surface area contributed by atoms with Crippen LogP contribution in [0.5, 0.6) is 5.75 Å². The molecule has 0 spiro atoms. The smallest absolute Gasteiger partial charge is 0.332 e. The van der Waals surface area contributed by atoms with E-state index in [0.29, 0.717) is 16.7 Å². The summed E-state index contributed by atoms with van der Waals surface area (Å²) in [4.78, 5) is 49.4. The second kappa shape index (κ2) is 11.6. The van der Waals surface area contributed by atoms with E-state index in [1.54, 1.807) is 49.4 Å². The topological polar surface area (TPSA) is 177 Å². The van der Waals surface area contributed by atoms with Gasteiger partial charge in [0, 0.05) is 5.56 Å². The van der Waals surface area contributed by atoms with Crippen molar-refractivity contribution in [2.24, 2.45) is 0 Å². The van der Waals surface area contributed by atoms with E-state index in [1.807, 2.05) is 0 Å². The molecule has 1 fully saturated rings. The molecule has 0 amide bonds. The van der Waals surface area contributed by atoms with Gasteiger partial charge in [-0.1, -0.05) is 43.3 Å². The standard InChI is InChI=1S/C29H34O11/c1-6-23(25(33)34)38-15-20-10-9-11-21(14-20)22-12-7-8-13-24(22)40-26-28(36,17(3)31)29(37,18(4)32)27(35,16(2)30)19(5)39-26/h7-14,19,23,26,35-37H,6,15H2,1-5H3,(H,33,34)/t19-,23?,26-,27+,28+,29+/m0/s1. The molecule has 0 saturated carbocycles. The van der Waals surface area contributed by atoms with Crippen molar-refractivity contribution in [3.63, 3.8) is 0 Å². The van der Waals surface area contributed by atoms with E-state index in [0.717, 1.165) is 20.8 Å². The third-order valence-electron chi connectivity index (χ3n) is 7.40. The van der Waals surface area contributed by atoms with Crippen LogP contribution in [0.1, 0.15) is 46.6 Å². The van der Waals surface area contributed by atoms with E-state index in [-0.39, 0.29) is 18.8 Å². The summed E-state index contributed by atoms with van der Waals surface area (Å²) >= 11 is 0. The molecule has 1 heterocycles. The predicted octanol–water partition coefficient (Wildman–Crippen LogP) is 1.82. The summed E-state index contributed by atoms with van der Waals surface area (Å²) < 4.78 is 17.1. The molecular weight excluding hydrogens is 524 g/mol. The maximum Gasteiger partial charge on any atom is 0.332 e. The molecule has 0 bridgehead atoms. The van der Waals surface area contributed by atoms with Gasteiger partial charge in [0.2, 0.25) is 17.5 Å². The number of aliphatic carboxylic acids is 1. The van der Waals surface area contributed by atoms with Crippen LogP contribution in [0.4, 0.5) is 0 Å². The molecule has 11 nitrogen and oxygen atoms in total. The molecule has 1 saturated heterocycles. The van der Waals surface area contributed by atoms with E-state index >= 15 is 0 Å². The first-order valence-corrected chi connectivity index (χ1v) is 12.7. The molecule has 40 heavy (non-hydrogen) atoms. The zero-order chi connectivity index (χ0) is 30.0. The largest absolute Gasteiger partial charge is 0.479 e. The van der Waals surface area contributed by atoms with Crippen LogP contribution in [0.15, 0.2) is 48.5 Å². The summed E-state index contributed by atoms with van der Waals surface area (Å²) in [6, 6.07) is 13.4. The second-order valence-corrected chi connectivity index (χ2v) is 9.88. The van der Waals surface area contributed by atoms with E-state index in [9.17, 15) is 39.6 Å². The maximum absolute atomic E-state index is 12.9. The van der Waals surface area contributed by atoms with Crippen molar-refractivity contribution < 1.29 is 53.8 Å². The Morgan fingerprint density at radius 2 is 1.55 bits per heavy atom. The minimum Gasteiger partial charge on any atom is -0.479 e. The number of ether oxygens (including phenoxy) is 3. The fourth-order valence-electron chi connectivity index (χ4n) is 5.06. The van der Waals surface area contributed by atoms with E-state index in [1.165, 1.54) is 13.0 Å². The van der Waals surface area contributed by atoms with Gasteiger partial charge in [0.05, 0.1) is 12.7 Å². The van der Waals surface area contributed by atoms with Crippen LogP contribution in [0, 0.1) is 0 Å². The van der Waals surface area contributed by atoms with Crippen LogP contribution in [0.25, 0.3) is 11.1 Å². The molecule has 2 aromatic carbocycles. The summed E-state index contributed by atoms with van der Waals surface area (Å²) in [6.07, 6.45) is -4.27. The highest BCUT2D eigenvalue weighted by Crippen LogP contribution is 2.47. The second-order valence-electron chi connectivity index (χ2n) is 9.88. The van der Waals surface area contributed by atoms with Crippen LogP contribution >= 0.6 is 0 Å². The minimum absolute atomic E-state index is 0.0181. The first-order chi connectivity index (χ1) is 18.7. The SMILES string of the molecule is CCC(OCc1cccc(-c2ccccc2O[C@@H]2O[C@@H](C)[C@](O)(C(C)=O)[C@](O)(C(C)=O)[C@@]2(O)C(C)=O)c1)C(=O)O. The molecule has 1 aliphatic rings. The number of aliphatic hydroxyl groups is 3. The molecule has 1 unspecified atom stereocenters. The van der Waals surface area contributed by atoms with Crippen LogP contribution in [-0.4, -0.2) is 79.0 Å². The molecule has 1 aliphatic heterocycles. The number of hydrogen-bond acceptors (Lipinski definition) is 10. The molecule has 0 aromatic heterocycles. The van der Waals surface area contributed by atoms with Gasteiger partial charge in [-0.2, -0.15) is 0 Å². The van der Waals surface area contributed by atoms with Gasteiger partial charge in [0.25, 0.3) is 0 Å². The number of ketones is 3. The maximum atomic E-state index is 12.9. The van der Waals surface area contributed by atoms with Gasteiger partial charge in [0.1, 0.15) is 5.75 Å². The molecular formula is C29H34O11. The van der Waals surface area contributed by atoms with Gasteiger partial charge < -0.3 is 34.6 Å². The fourth-order valence-corrected chi connectivity index (χ4v) is 5.06. The van der Waals surface area contributed by atoms with Crippen LogP contribution < -0.4 is 4.74 Å². The molecule has 0 radical (unpaired) electrons. The van der Waals surface area contributed by atoms with Crippen LogP contribution in [-0.2, 0) is 35.3 Å². The summed E-state index contributed by atoms with van der Waals surface area (Å²) in [7, 11) is 0. The minimum atomic E-state index is -3.30. The zero-order valence-corrected chi connectivity index (χ0v) is 22.9. The lowest BCUT2D eigenvalue weighted by Crippen LogP contribution is -2.86. The zero-order valence-electron chi connectivity index (χ0n) is 22.9. The number of para-hydroxylation sites is 1. The molecule has 2 aromatic rings. The fraction of sp³-hybridized carbons (Fsp3) is 0.448. The first-order valence-electron chi connectivity index (χ1n) is 12.7. The average Bonchev–Trinajstić information content (AvgIpc) is 2.90. The van der Waals surface area contributed by atoms with E-state index in [4.69, 9.17) is 14.2 Å². The highest BCUT2D eigenvalue weighted by Gasteiger charge is 2.78. The Morgan fingerprint density at radius 1 is 0.925 bits per heavy atom. The van der Waals surface area contributed by atoms with Gasteiger partial charge in [-0.05, 0) is 57.4 Å². The number of benzene rings is 2. The number of Topliss-reactive ketones (excluding diaryl/α,β-unsaturated/α-hetero) is 3. The number of carboxylic acids is 1. The lowest BCUT2D eigenvalue weighted by atomic mass is 9.61. The van der Waals surface area contributed by atoms with Crippen molar-refractivity contribution in [2.75, 3.05) is 0 Å². The van der Waals surface area contributed by atoms with Gasteiger partial charge in [-0.3, -0.25) is 14.4 Å². The number of hydrogen-bond donors (Lipinski definition) is 4. The Morgan fingerprint density at radius 3 is 2.10 bits per heavy atom. The van der Waals surface area contributed by atoms with Gasteiger partial charge >= 0.3 is 5.97 Å². The van der Waals surface area contributed by atoms with Crippen molar-refractivity contribution in [3.8, 4) is 16.9 Å². The van der Waals surface area contributed by atoms with Crippen molar-refractivity contribution >= 4 is 23.3 Å². The Hall–Kier alpha value is -3.48. The number of carboxylic acid groups (broad SMARTS) is 1. The summed E-state index contributed by atoms with van der Waals surface area (Å²) in [5, 5.41) is 43.6. The molecule has 4 N–H and O–H groups in total. The van der Waals surface area contributed by atoms with E-state index in [2.05, 4.69) is 0 Å². The summed E-state index contributed by atoms with van der Waals surface area (Å²) in [5.41, 5.74) is -7.73. The van der Waals surface area contributed by atoms with Crippen molar-refractivity contribution in [1.82, 2.24) is 0 Å². The van der Waals surface area contributed by atoms with Gasteiger partial charge in [-0.15, -0.1) is 0 Å². The lowest BCUT2D eigenvalue weighted by molar-refractivity contribution is -0.347. The molecule has 6 atom stereocenters. The Labute approximate surface area is 231 Å². The average molecular weight is 559 g/mol. The third kappa shape index (κ3) is 4.95. The molecule has 3 rings (SSSR count). The summed E-state index contributed by atoms with van der Waals surface area (Å²) in [6.45, 7) is 5.54. The lowest BCUT2D eigenvalue weighted by Gasteiger charge is -2.56. The number of rotatable bonds is 11. The van der Waals surface area contributed by atoms with Crippen LogP contribution in [0.2, 0.25) is 0 Å². The van der Waals surface area contributed by atoms with Crippen molar-refractivity contribution in [1.29, 1.82) is 0 Å². The Bertz CT molecular complexity index is 1310. The normalized spacial score (nSPS) is 28.9. The van der Waals surface area contributed by atoms with Crippen molar-refractivity contribution in [2.45, 2.75) is 82.9 Å². The number of carbonyl (C=O) groups is 4. The monoisotopic (exact) mass is 558 g/mol.